The summed E-state index contributed by atoms with van der Waals surface area (Å²) in [5.74, 6) is -1.15. The number of carbonyl (C=O) groups is 3. The molecule has 1 N–H and O–H groups in total. The predicted molar refractivity (Wildman–Crippen MR) is 105 cm³/mol. The highest BCUT2D eigenvalue weighted by atomic mass is 16.5. The van der Waals surface area contributed by atoms with E-state index in [1.807, 2.05) is 6.92 Å². The molecular formula is C21H23NO7. The molecule has 0 spiro atoms. The lowest BCUT2D eigenvalue weighted by Gasteiger charge is -2.12. The molecule has 0 aromatic heterocycles. The maximum atomic E-state index is 12.4. The summed E-state index contributed by atoms with van der Waals surface area (Å²) in [4.78, 5) is 36.2. The van der Waals surface area contributed by atoms with Crippen LogP contribution in [-0.2, 0) is 14.3 Å². The van der Waals surface area contributed by atoms with Crippen LogP contribution in [-0.4, -0.2) is 45.3 Å². The van der Waals surface area contributed by atoms with Crippen molar-refractivity contribution in [2.75, 3.05) is 32.8 Å². The predicted octanol–water partition coefficient (Wildman–Crippen LogP) is 3.07. The Morgan fingerprint density at radius 1 is 0.862 bits per heavy atom. The summed E-state index contributed by atoms with van der Waals surface area (Å²) >= 11 is 0. The molecule has 0 aliphatic carbocycles. The maximum absolute atomic E-state index is 12.4. The molecule has 0 aliphatic rings. The molecule has 2 aromatic rings. The van der Waals surface area contributed by atoms with Gasteiger partial charge in [-0.05, 0) is 42.8 Å². The highest BCUT2D eigenvalue weighted by Crippen LogP contribution is 2.28. The second-order valence-electron chi connectivity index (χ2n) is 5.88. The first kappa shape index (κ1) is 21.7. The number of carbonyl (C=O) groups excluding carboxylic acids is 3. The van der Waals surface area contributed by atoms with Gasteiger partial charge in [-0.3, -0.25) is 4.79 Å². The molecule has 0 radical (unpaired) electrons. The zero-order valence-electron chi connectivity index (χ0n) is 16.5. The van der Waals surface area contributed by atoms with Crippen LogP contribution in [0.25, 0.3) is 0 Å². The largest absolute Gasteiger partial charge is 0.496 e. The Bertz CT molecular complexity index is 840. The van der Waals surface area contributed by atoms with E-state index >= 15 is 0 Å². The van der Waals surface area contributed by atoms with Crippen molar-refractivity contribution in [3.05, 3.63) is 53.6 Å². The van der Waals surface area contributed by atoms with Crippen molar-refractivity contribution in [1.82, 2.24) is 0 Å². The summed E-state index contributed by atoms with van der Waals surface area (Å²) in [6.07, 6.45) is 0.735. The van der Waals surface area contributed by atoms with Crippen molar-refractivity contribution >= 4 is 23.5 Å². The van der Waals surface area contributed by atoms with Gasteiger partial charge in [-0.2, -0.15) is 0 Å². The molecule has 0 fully saturated rings. The monoisotopic (exact) mass is 401 g/mol. The average Bonchev–Trinajstić information content (AvgIpc) is 2.75. The highest BCUT2D eigenvalue weighted by Gasteiger charge is 2.20. The molecule has 2 aromatic carbocycles. The van der Waals surface area contributed by atoms with Gasteiger partial charge in [-0.15, -0.1) is 0 Å². The third-order valence-corrected chi connectivity index (χ3v) is 3.81. The molecule has 0 heterocycles. The average molecular weight is 401 g/mol. The fourth-order valence-electron chi connectivity index (χ4n) is 2.42. The molecule has 0 unspecified atom stereocenters. The Morgan fingerprint density at radius 3 is 2.03 bits per heavy atom. The van der Waals surface area contributed by atoms with Gasteiger partial charge in [0.2, 0.25) is 0 Å². The summed E-state index contributed by atoms with van der Waals surface area (Å²) in [6, 6.07) is 11.1. The maximum Gasteiger partial charge on any atom is 0.346 e. The number of hydrogen-bond acceptors (Lipinski definition) is 7. The second kappa shape index (κ2) is 10.7. The van der Waals surface area contributed by atoms with Gasteiger partial charge < -0.3 is 24.3 Å². The minimum absolute atomic E-state index is 0.0974. The Labute approximate surface area is 168 Å². The molecule has 29 heavy (non-hydrogen) atoms. The van der Waals surface area contributed by atoms with Crippen molar-refractivity contribution in [2.24, 2.45) is 0 Å². The summed E-state index contributed by atoms with van der Waals surface area (Å²) in [5, 5.41) is 2.58. The summed E-state index contributed by atoms with van der Waals surface area (Å²) in [5.41, 5.74) is 0.930. The molecule has 1 amide bonds. The minimum Gasteiger partial charge on any atom is -0.496 e. The second-order valence-corrected chi connectivity index (χ2v) is 5.88. The number of rotatable bonds is 9. The molecule has 0 bridgehead atoms. The molecule has 0 saturated heterocycles. The number of nitrogens with one attached hydrogen (secondary N) is 1. The van der Waals surface area contributed by atoms with E-state index in [1.54, 1.807) is 42.5 Å². The van der Waals surface area contributed by atoms with Crippen molar-refractivity contribution < 1.29 is 33.3 Å². The van der Waals surface area contributed by atoms with Crippen LogP contribution in [0.15, 0.2) is 42.5 Å². The van der Waals surface area contributed by atoms with Crippen LogP contribution >= 0.6 is 0 Å². The first-order valence-electron chi connectivity index (χ1n) is 8.95. The number of esters is 2. The number of hydrogen-bond donors (Lipinski definition) is 1. The van der Waals surface area contributed by atoms with E-state index in [1.165, 1.54) is 14.2 Å². The number of ether oxygens (including phenoxy) is 4. The molecule has 8 heteroatoms. The van der Waals surface area contributed by atoms with Gasteiger partial charge in [0.15, 0.2) is 6.61 Å². The summed E-state index contributed by atoms with van der Waals surface area (Å²) in [7, 11) is 2.83. The van der Waals surface area contributed by atoms with Crippen LogP contribution in [0.5, 0.6) is 11.5 Å². The smallest absolute Gasteiger partial charge is 0.346 e. The molecule has 0 atom stereocenters. The zero-order chi connectivity index (χ0) is 21.2. The first-order chi connectivity index (χ1) is 14.0. The number of methoxy groups -OCH3 is 2. The van der Waals surface area contributed by atoms with Crippen molar-refractivity contribution in [3.8, 4) is 11.5 Å². The fraction of sp³-hybridized carbons (Fsp3) is 0.286. The molecule has 0 aliphatic heterocycles. The van der Waals surface area contributed by atoms with E-state index < -0.39 is 24.5 Å². The zero-order valence-corrected chi connectivity index (χ0v) is 16.5. The SMILES string of the molecule is CCCOC(=O)c1ccc(NC(=O)COC(=O)c2c(OC)cccc2OC)cc1. The Kier molecular flexibility index (Phi) is 8.02. The summed E-state index contributed by atoms with van der Waals surface area (Å²) < 4.78 is 20.4. The molecule has 2 rings (SSSR count). The molecule has 154 valence electrons. The standard InChI is InChI=1S/C21H23NO7/c1-4-12-28-20(24)14-8-10-15(11-9-14)22-18(23)13-29-21(25)19-16(26-2)6-5-7-17(19)27-3/h5-11H,4,12-13H2,1-3H3,(H,22,23). The lowest BCUT2D eigenvalue weighted by atomic mass is 10.2. The number of benzene rings is 2. The van der Waals surface area contributed by atoms with E-state index in [0.717, 1.165) is 6.42 Å². The molecule has 8 nitrogen and oxygen atoms in total. The van der Waals surface area contributed by atoms with Gasteiger partial charge in [-0.1, -0.05) is 13.0 Å². The molecular weight excluding hydrogens is 378 g/mol. The Morgan fingerprint density at radius 2 is 1.48 bits per heavy atom. The van der Waals surface area contributed by atoms with Gasteiger partial charge >= 0.3 is 11.9 Å². The van der Waals surface area contributed by atoms with E-state index in [-0.39, 0.29) is 17.1 Å². The fourth-order valence-corrected chi connectivity index (χ4v) is 2.42. The highest BCUT2D eigenvalue weighted by molar-refractivity contribution is 5.98. The van der Waals surface area contributed by atoms with E-state index in [0.29, 0.717) is 17.9 Å². The minimum atomic E-state index is -0.747. The first-order valence-corrected chi connectivity index (χ1v) is 8.95. The number of amides is 1. The van der Waals surface area contributed by atoms with Crippen molar-refractivity contribution in [1.29, 1.82) is 0 Å². The van der Waals surface area contributed by atoms with Crippen molar-refractivity contribution in [3.63, 3.8) is 0 Å². The van der Waals surface area contributed by atoms with Gasteiger partial charge in [0.25, 0.3) is 5.91 Å². The lowest BCUT2D eigenvalue weighted by molar-refractivity contribution is -0.119. The van der Waals surface area contributed by atoms with Gasteiger partial charge in [0.1, 0.15) is 17.1 Å². The quantitative estimate of drug-likeness (QED) is 0.645. The van der Waals surface area contributed by atoms with Crippen LogP contribution in [0.3, 0.4) is 0 Å². The lowest BCUT2D eigenvalue weighted by Crippen LogP contribution is -2.21. The van der Waals surface area contributed by atoms with E-state index in [4.69, 9.17) is 18.9 Å². The molecule has 0 saturated carbocycles. The normalized spacial score (nSPS) is 10.0. The van der Waals surface area contributed by atoms with Gasteiger partial charge in [0.05, 0.1) is 26.4 Å². The third kappa shape index (κ3) is 5.97. The Balaban J connectivity index is 1.93. The van der Waals surface area contributed by atoms with Crippen LogP contribution in [0, 0.1) is 0 Å². The topological polar surface area (TPSA) is 100 Å². The summed E-state index contributed by atoms with van der Waals surface area (Å²) in [6.45, 7) is 1.75. The van der Waals surface area contributed by atoms with Gasteiger partial charge in [-0.25, -0.2) is 9.59 Å². The van der Waals surface area contributed by atoms with Gasteiger partial charge in [0, 0.05) is 5.69 Å². The van der Waals surface area contributed by atoms with E-state index in [9.17, 15) is 14.4 Å². The van der Waals surface area contributed by atoms with Crippen LogP contribution < -0.4 is 14.8 Å². The Hall–Kier alpha value is -3.55. The number of anilines is 1. The van der Waals surface area contributed by atoms with Crippen LogP contribution in [0.4, 0.5) is 5.69 Å². The van der Waals surface area contributed by atoms with Crippen LogP contribution in [0.1, 0.15) is 34.1 Å². The van der Waals surface area contributed by atoms with Crippen molar-refractivity contribution in [2.45, 2.75) is 13.3 Å². The third-order valence-electron chi connectivity index (χ3n) is 3.81. The van der Waals surface area contributed by atoms with E-state index in [2.05, 4.69) is 5.32 Å². The van der Waals surface area contributed by atoms with Crippen LogP contribution in [0.2, 0.25) is 0 Å².